The van der Waals surface area contributed by atoms with E-state index in [2.05, 4.69) is 53.2 Å². The van der Waals surface area contributed by atoms with E-state index in [4.69, 9.17) is 5.73 Å². The number of aromatic hydroxyl groups is 3. The van der Waals surface area contributed by atoms with Crippen molar-refractivity contribution >= 4 is 82.9 Å². The highest BCUT2D eigenvalue weighted by molar-refractivity contribution is 6.00. The van der Waals surface area contributed by atoms with Crippen LogP contribution in [0.5, 0.6) is 17.2 Å². The lowest BCUT2D eigenvalue weighted by molar-refractivity contribution is -0.144. The minimum absolute atomic E-state index is 0.00717. The van der Waals surface area contributed by atoms with Gasteiger partial charge in [-0.15, -0.1) is 0 Å². The maximum Gasteiger partial charge on any atom is 0.326 e. The van der Waals surface area contributed by atoms with Crippen molar-refractivity contribution in [3.05, 3.63) is 125 Å². The summed E-state index contributed by atoms with van der Waals surface area (Å²) in [6.45, 7) is 9.03. The summed E-state index contributed by atoms with van der Waals surface area (Å²) in [5.74, 6) is -18.6. The van der Waals surface area contributed by atoms with Gasteiger partial charge in [0.1, 0.15) is 77.7 Å². The summed E-state index contributed by atoms with van der Waals surface area (Å²) < 4.78 is 0. The molecule has 12 atom stereocenters. The van der Waals surface area contributed by atoms with E-state index in [0.29, 0.717) is 22.3 Å². The van der Waals surface area contributed by atoms with E-state index >= 15 is 0 Å². The highest BCUT2D eigenvalue weighted by Crippen LogP contribution is 2.18. The number of phenolic OH excluding ortho intramolecular Hbond substituents is 3. The fraction of sp³-hybridized carbons (Fsp3) is 0.424. The average molecular weight is 1370 g/mol. The largest absolute Gasteiger partial charge is 0.508 e. The Bertz CT molecular complexity index is 3470. The molecule has 4 rings (SSSR count). The second kappa shape index (κ2) is 38.4. The number of hydrogen-bond acceptors (Lipinski definition) is 18. The normalized spacial score (nSPS) is 14.7. The molecule has 10 amide bonds. The van der Waals surface area contributed by atoms with E-state index < -0.39 is 175 Å². The number of nitrogens with two attached hydrogens (primary N) is 1. The summed E-state index contributed by atoms with van der Waals surface area (Å²) in [5.41, 5.74) is 7.64. The lowest BCUT2D eigenvalue weighted by Gasteiger charge is -2.29. The lowest BCUT2D eigenvalue weighted by Crippen LogP contribution is -2.62. The van der Waals surface area contributed by atoms with Crippen LogP contribution in [-0.2, 0) is 92.8 Å². The first-order chi connectivity index (χ1) is 46.1. The third-order valence-corrected chi connectivity index (χ3v) is 15.3. The smallest absolute Gasteiger partial charge is 0.326 e. The molecule has 0 saturated heterocycles. The van der Waals surface area contributed by atoms with Crippen molar-refractivity contribution in [3.8, 4) is 17.2 Å². The second-order valence-corrected chi connectivity index (χ2v) is 23.9. The zero-order chi connectivity index (χ0) is 73.1. The van der Waals surface area contributed by atoms with E-state index in [1.54, 1.807) is 37.3 Å². The molecule has 0 spiro atoms. The van der Waals surface area contributed by atoms with Gasteiger partial charge in [0, 0.05) is 25.7 Å². The van der Waals surface area contributed by atoms with E-state index in [1.807, 2.05) is 13.8 Å². The zero-order valence-electron chi connectivity index (χ0n) is 54.6. The number of benzene rings is 4. The number of aliphatic carboxylic acids is 4. The van der Waals surface area contributed by atoms with Gasteiger partial charge in [-0.25, -0.2) is 4.79 Å². The summed E-state index contributed by atoms with van der Waals surface area (Å²) in [6.07, 6.45) is -4.07. The van der Waals surface area contributed by atoms with Crippen LogP contribution in [0.2, 0.25) is 0 Å². The Morgan fingerprint density at radius 1 is 0.347 bits per heavy atom. The molecule has 0 fully saturated rings. The fourth-order valence-corrected chi connectivity index (χ4v) is 9.71. The van der Waals surface area contributed by atoms with Crippen LogP contribution in [0.15, 0.2) is 103 Å². The van der Waals surface area contributed by atoms with Gasteiger partial charge in [0.25, 0.3) is 0 Å². The Hall–Kier alpha value is -11.2. The maximum absolute atomic E-state index is 14.7. The van der Waals surface area contributed by atoms with Crippen molar-refractivity contribution < 1.29 is 103 Å². The first-order valence-electron chi connectivity index (χ1n) is 31.2. The topological polar surface area (TPSA) is 527 Å². The molecule has 32 nitrogen and oxygen atoms in total. The summed E-state index contributed by atoms with van der Waals surface area (Å²) in [7, 11) is 0. The molecule has 98 heavy (non-hydrogen) atoms. The highest BCUT2D eigenvalue weighted by Gasteiger charge is 2.38. The maximum atomic E-state index is 14.7. The number of carbonyl (C=O) groups is 14. The quantitative estimate of drug-likeness (QED) is 0.0252. The van der Waals surface area contributed by atoms with Gasteiger partial charge >= 0.3 is 23.9 Å². The van der Waals surface area contributed by atoms with E-state index in [1.165, 1.54) is 86.6 Å². The molecule has 4 aromatic carbocycles. The Kier molecular flexibility index (Phi) is 31.0. The van der Waals surface area contributed by atoms with Crippen LogP contribution in [0.3, 0.4) is 0 Å². The van der Waals surface area contributed by atoms with Gasteiger partial charge in [-0.05, 0) is 90.8 Å². The van der Waals surface area contributed by atoms with Crippen molar-refractivity contribution in [1.29, 1.82) is 0 Å². The Labute approximate surface area is 563 Å². The monoisotopic (exact) mass is 1370 g/mol. The predicted octanol–water partition coefficient (Wildman–Crippen LogP) is -1.11. The molecule has 530 valence electrons. The lowest BCUT2D eigenvalue weighted by atomic mass is 9.96. The molecule has 0 radical (unpaired) electrons. The Morgan fingerprint density at radius 2 is 0.633 bits per heavy atom. The first kappa shape index (κ1) is 79.3. The molecular weight excluding hydrogens is 1280 g/mol. The third-order valence-electron chi connectivity index (χ3n) is 15.3. The minimum atomic E-state index is -2.01. The van der Waals surface area contributed by atoms with E-state index in [-0.39, 0.29) is 61.7 Å². The van der Waals surface area contributed by atoms with Crippen LogP contribution in [0.25, 0.3) is 0 Å². The molecule has 0 aromatic heterocycles. The summed E-state index contributed by atoms with van der Waals surface area (Å²) in [6, 6.07) is 6.24. The minimum Gasteiger partial charge on any atom is -0.508 e. The van der Waals surface area contributed by atoms with Crippen molar-refractivity contribution in [2.45, 2.75) is 166 Å². The number of hydrogen-bond donors (Lipinski definition) is 18. The average Bonchev–Trinajstić information content (AvgIpc) is 0.887. The fourth-order valence-electron chi connectivity index (χ4n) is 9.71. The molecule has 0 aliphatic rings. The van der Waals surface area contributed by atoms with Crippen molar-refractivity contribution in [2.24, 2.45) is 17.6 Å². The second-order valence-electron chi connectivity index (χ2n) is 23.9. The van der Waals surface area contributed by atoms with Crippen molar-refractivity contribution in [3.63, 3.8) is 0 Å². The summed E-state index contributed by atoms with van der Waals surface area (Å²) in [4.78, 5) is 188. The van der Waals surface area contributed by atoms with Crippen molar-refractivity contribution in [1.82, 2.24) is 53.2 Å². The van der Waals surface area contributed by atoms with Crippen LogP contribution in [-0.4, -0.2) is 185 Å². The molecule has 4 aromatic rings. The molecule has 0 aliphatic carbocycles. The number of phenols is 3. The SMILES string of the molecule is CC[C@H](C)[C@H](NC(=O)[C@H](CC(=O)O)NC(=O)[C@H](C)NC(=O)[C@H](CC(=O)O)NC(=O)[C@H](C)NC(=O)[C@H](Cc1ccc(O)cc1)NC(=O)[C@@H](N)CC(C)C)C(=O)N[C@@H](Cc1ccc(O)cc1)C(=O)N[C@@H](Cc1ccccc1)C(=O)N[C@@H](CC(=O)O)C(=O)N[C@@H](Cc1ccc(O)cc1)C(=O)O. The molecule has 0 heterocycles. The number of carboxylic acids is 4. The van der Waals surface area contributed by atoms with Gasteiger partial charge in [-0.3, -0.25) is 62.3 Å². The van der Waals surface area contributed by atoms with Gasteiger partial charge in [-0.1, -0.05) is 101 Å². The van der Waals surface area contributed by atoms with Crippen LogP contribution >= 0.6 is 0 Å². The van der Waals surface area contributed by atoms with Crippen LogP contribution in [0, 0.1) is 11.8 Å². The van der Waals surface area contributed by atoms with Gasteiger partial charge in [0.15, 0.2) is 0 Å². The van der Waals surface area contributed by atoms with Gasteiger partial charge in [0.2, 0.25) is 59.1 Å². The van der Waals surface area contributed by atoms with E-state index in [9.17, 15) is 103 Å². The Morgan fingerprint density at radius 3 is 0.990 bits per heavy atom. The van der Waals surface area contributed by atoms with Crippen LogP contribution in [0.1, 0.15) is 95.9 Å². The zero-order valence-corrected chi connectivity index (χ0v) is 54.6. The van der Waals surface area contributed by atoms with Crippen LogP contribution in [0.4, 0.5) is 0 Å². The number of carbonyl (C=O) groups excluding carboxylic acids is 10. The molecule has 32 heteroatoms. The number of amides is 10. The molecule has 0 aliphatic heterocycles. The molecular formula is C66H85N11O21. The van der Waals surface area contributed by atoms with Gasteiger partial charge in [0.05, 0.1) is 25.3 Å². The number of nitrogens with one attached hydrogen (secondary N) is 10. The molecule has 0 unspecified atom stereocenters. The number of rotatable bonds is 39. The van der Waals surface area contributed by atoms with Crippen molar-refractivity contribution in [2.75, 3.05) is 0 Å². The van der Waals surface area contributed by atoms with E-state index in [0.717, 1.165) is 6.92 Å². The van der Waals surface area contributed by atoms with Gasteiger partial charge < -0.3 is 94.6 Å². The Balaban J connectivity index is 1.55. The standard InChI is InChI=1S/C66H85N11O21/c1-7-34(4)55(77-64(95)50(32-54(85)86)71-57(88)36(6)69-60(91)48(30-52(81)82)70-56(87)35(5)68-59(90)45(27-38-13-19-41(78)20-14-38)72-58(89)44(67)25-33(2)3)65(96)75-47(28-39-15-21-42(79)22-16-39)62(93)73-46(26-37-11-9-8-10-12-37)61(92)74-49(31-53(83)84)63(94)76-51(66(97)98)29-40-17-23-43(80)24-18-40/h8-24,33-36,44-51,55,78-80H,7,25-32,67H2,1-6H3,(H,68,90)(H,69,91)(H,70,87)(H,71,88)(H,72,89)(H,73,93)(H,74,92)(H,75,96)(H,76,94)(H,77,95)(H,81,82)(H,83,84)(H,85,86)(H,97,98)/t34-,35-,36-,44-,45-,46-,47-,48-,49-,50-,51-,55-/m0/s1. The number of carboxylic acid groups (broad SMARTS) is 4. The predicted molar refractivity (Wildman–Crippen MR) is 348 cm³/mol. The molecule has 0 saturated carbocycles. The summed E-state index contributed by atoms with van der Waals surface area (Å²) >= 11 is 0. The summed E-state index contributed by atoms with van der Waals surface area (Å²) in [5, 5.41) is 92.6. The van der Waals surface area contributed by atoms with Crippen LogP contribution < -0.4 is 58.9 Å². The molecule has 0 bridgehead atoms. The molecule has 19 N–H and O–H groups in total. The highest BCUT2D eigenvalue weighted by atomic mass is 16.4. The third kappa shape index (κ3) is 26.9. The van der Waals surface area contributed by atoms with Gasteiger partial charge in [-0.2, -0.15) is 0 Å². The first-order valence-corrected chi connectivity index (χ1v) is 31.2.